The fourth-order valence-corrected chi connectivity index (χ4v) is 2.54. The van der Waals surface area contributed by atoms with Crippen LogP contribution in [0.25, 0.3) is 10.9 Å². The number of hydrogen-bond acceptors (Lipinski definition) is 3. The van der Waals surface area contributed by atoms with Crippen molar-refractivity contribution in [2.75, 3.05) is 13.1 Å². The molecule has 0 aliphatic heterocycles. The number of H-pyrrole nitrogens is 1. The molecular weight excluding hydrogens is 288 g/mol. The largest absolute Gasteiger partial charge is 0.361 e. The van der Waals surface area contributed by atoms with Crippen LogP contribution in [-0.4, -0.2) is 29.0 Å². The molecule has 0 aliphatic carbocycles. The van der Waals surface area contributed by atoms with E-state index < -0.39 is 0 Å². The van der Waals surface area contributed by atoms with Crippen LogP contribution in [-0.2, 0) is 17.8 Å². The summed E-state index contributed by atoms with van der Waals surface area (Å²) in [5.74, 6) is 0.000715. The molecule has 3 aromatic rings. The van der Waals surface area contributed by atoms with Gasteiger partial charge in [0, 0.05) is 36.4 Å². The van der Waals surface area contributed by atoms with Crippen molar-refractivity contribution in [1.29, 1.82) is 0 Å². The number of pyridine rings is 1. The molecule has 0 radical (unpaired) electrons. The van der Waals surface area contributed by atoms with Crippen LogP contribution in [0.3, 0.4) is 0 Å². The molecule has 2 heterocycles. The lowest BCUT2D eigenvalue weighted by Crippen LogP contribution is -2.34. The number of benzene rings is 1. The molecule has 0 unspecified atom stereocenters. The van der Waals surface area contributed by atoms with Gasteiger partial charge in [-0.05, 0) is 30.2 Å². The highest BCUT2D eigenvalue weighted by atomic mass is 16.1. The van der Waals surface area contributed by atoms with Crippen LogP contribution < -0.4 is 10.6 Å². The van der Waals surface area contributed by atoms with Gasteiger partial charge in [0.1, 0.15) is 0 Å². The molecule has 0 bridgehead atoms. The Hall–Kier alpha value is -2.66. The first-order valence-electron chi connectivity index (χ1n) is 7.75. The minimum absolute atomic E-state index is 0.000715. The summed E-state index contributed by atoms with van der Waals surface area (Å²) in [5, 5.41) is 7.25. The van der Waals surface area contributed by atoms with Crippen molar-refractivity contribution < 1.29 is 4.79 Å². The van der Waals surface area contributed by atoms with Gasteiger partial charge in [-0.3, -0.25) is 9.78 Å². The third kappa shape index (κ3) is 4.17. The topological polar surface area (TPSA) is 69.8 Å². The minimum Gasteiger partial charge on any atom is -0.361 e. The molecule has 0 fully saturated rings. The Labute approximate surface area is 135 Å². The number of carbonyl (C=O) groups excluding carboxylic acids is 1. The summed E-state index contributed by atoms with van der Waals surface area (Å²) in [6.45, 7) is 1.52. The second-order valence-corrected chi connectivity index (χ2v) is 5.38. The van der Waals surface area contributed by atoms with Crippen LogP contribution >= 0.6 is 0 Å². The maximum atomic E-state index is 11.8. The Morgan fingerprint density at radius 2 is 2.00 bits per heavy atom. The fourth-order valence-electron chi connectivity index (χ4n) is 2.54. The summed E-state index contributed by atoms with van der Waals surface area (Å²) >= 11 is 0. The highest BCUT2D eigenvalue weighted by molar-refractivity contribution is 5.83. The van der Waals surface area contributed by atoms with Crippen molar-refractivity contribution in [3.8, 4) is 0 Å². The van der Waals surface area contributed by atoms with Gasteiger partial charge >= 0.3 is 0 Å². The van der Waals surface area contributed by atoms with E-state index in [0.717, 1.165) is 17.6 Å². The summed E-state index contributed by atoms with van der Waals surface area (Å²) in [5.41, 5.74) is 3.28. The Morgan fingerprint density at radius 3 is 2.87 bits per heavy atom. The Balaban J connectivity index is 1.39. The van der Waals surface area contributed by atoms with Crippen LogP contribution in [0.1, 0.15) is 11.3 Å². The summed E-state index contributed by atoms with van der Waals surface area (Å²) in [7, 11) is 0. The highest BCUT2D eigenvalue weighted by Crippen LogP contribution is 2.17. The molecule has 2 aromatic heterocycles. The van der Waals surface area contributed by atoms with Gasteiger partial charge in [-0.2, -0.15) is 0 Å². The van der Waals surface area contributed by atoms with Gasteiger partial charge in [-0.1, -0.05) is 24.3 Å². The number of para-hydroxylation sites is 1. The predicted octanol–water partition coefficient (Wildman–Crippen LogP) is 2.01. The molecule has 0 aliphatic rings. The Kier molecular flexibility index (Phi) is 5.01. The van der Waals surface area contributed by atoms with E-state index in [4.69, 9.17) is 0 Å². The molecule has 0 spiro atoms. The second-order valence-electron chi connectivity index (χ2n) is 5.38. The van der Waals surface area contributed by atoms with Crippen LogP contribution in [0.4, 0.5) is 0 Å². The lowest BCUT2D eigenvalue weighted by atomic mass is 10.1. The lowest BCUT2D eigenvalue weighted by Gasteiger charge is -2.06. The molecule has 3 rings (SSSR count). The van der Waals surface area contributed by atoms with E-state index in [0.29, 0.717) is 19.6 Å². The maximum absolute atomic E-state index is 11.8. The van der Waals surface area contributed by atoms with Crippen LogP contribution in [0.5, 0.6) is 0 Å². The van der Waals surface area contributed by atoms with E-state index in [1.54, 1.807) is 6.20 Å². The Bertz CT molecular complexity index is 767. The summed E-state index contributed by atoms with van der Waals surface area (Å²) in [6.07, 6.45) is 4.57. The fraction of sp³-hybridized carbons (Fsp3) is 0.222. The van der Waals surface area contributed by atoms with E-state index in [9.17, 15) is 4.79 Å². The average Bonchev–Trinajstić information content (AvgIpc) is 2.99. The minimum atomic E-state index is 0.000715. The van der Waals surface area contributed by atoms with Gasteiger partial charge in [-0.15, -0.1) is 0 Å². The zero-order chi connectivity index (χ0) is 15.9. The first kappa shape index (κ1) is 15.2. The number of carbonyl (C=O) groups is 1. The molecule has 23 heavy (non-hydrogen) atoms. The number of fused-ring (bicyclic) bond motifs is 1. The molecule has 0 saturated heterocycles. The van der Waals surface area contributed by atoms with E-state index in [2.05, 4.69) is 32.7 Å². The van der Waals surface area contributed by atoms with E-state index in [1.807, 2.05) is 36.5 Å². The van der Waals surface area contributed by atoms with Gasteiger partial charge in [0.2, 0.25) is 5.91 Å². The highest BCUT2D eigenvalue weighted by Gasteiger charge is 2.04. The molecule has 5 heteroatoms. The molecule has 1 amide bonds. The normalized spacial score (nSPS) is 10.8. The monoisotopic (exact) mass is 308 g/mol. The van der Waals surface area contributed by atoms with Crippen molar-refractivity contribution >= 4 is 16.8 Å². The third-order valence-electron chi connectivity index (χ3n) is 3.71. The van der Waals surface area contributed by atoms with Gasteiger partial charge in [-0.25, -0.2) is 0 Å². The van der Waals surface area contributed by atoms with Crippen LogP contribution in [0.2, 0.25) is 0 Å². The molecule has 0 saturated carbocycles. The number of hydrogen-bond donors (Lipinski definition) is 3. The van der Waals surface area contributed by atoms with Gasteiger partial charge in [0.15, 0.2) is 0 Å². The van der Waals surface area contributed by atoms with Gasteiger partial charge < -0.3 is 15.6 Å². The third-order valence-corrected chi connectivity index (χ3v) is 3.71. The van der Waals surface area contributed by atoms with E-state index in [-0.39, 0.29) is 5.91 Å². The van der Waals surface area contributed by atoms with Gasteiger partial charge in [0.25, 0.3) is 0 Å². The standard InChI is InChI=1S/C18H20N4O/c23-18(13-19-12-15-5-3-4-9-20-15)21-10-8-14-11-22-17-7-2-1-6-16(14)17/h1-7,9,11,19,22H,8,10,12-13H2,(H,21,23). The van der Waals surface area contributed by atoms with E-state index in [1.165, 1.54) is 10.9 Å². The predicted molar refractivity (Wildman–Crippen MR) is 91.0 cm³/mol. The SMILES string of the molecule is O=C(CNCc1ccccn1)NCCc1c[nH]c2ccccc12. The number of aromatic nitrogens is 2. The van der Waals surface area contributed by atoms with Crippen LogP contribution in [0.15, 0.2) is 54.9 Å². The maximum Gasteiger partial charge on any atom is 0.233 e. The van der Waals surface area contributed by atoms with Crippen molar-refractivity contribution in [2.45, 2.75) is 13.0 Å². The van der Waals surface area contributed by atoms with E-state index >= 15 is 0 Å². The molecular formula is C18H20N4O. The molecule has 0 atom stereocenters. The van der Waals surface area contributed by atoms with Crippen molar-refractivity contribution in [2.24, 2.45) is 0 Å². The molecule has 118 valence electrons. The number of nitrogens with one attached hydrogen (secondary N) is 3. The van der Waals surface area contributed by atoms with Gasteiger partial charge in [0.05, 0.1) is 12.2 Å². The second kappa shape index (κ2) is 7.56. The summed E-state index contributed by atoms with van der Waals surface area (Å²) in [6, 6.07) is 13.9. The van der Waals surface area contributed by atoms with Crippen LogP contribution in [0, 0.1) is 0 Å². The zero-order valence-corrected chi connectivity index (χ0v) is 12.9. The first-order chi connectivity index (χ1) is 11.3. The summed E-state index contributed by atoms with van der Waals surface area (Å²) < 4.78 is 0. The average molecular weight is 308 g/mol. The zero-order valence-electron chi connectivity index (χ0n) is 12.9. The molecule has 5 nitrogen and oxygen atoms in total. The number of aromatic amines is 1. The number of rotatable bonds is 7. The van der Waals surface area contributed by atoms with Crippen molar-refractivity contribution in [1.82, 2.24) is 20.6 Å². The Morgan fingerprint density at radius 1 is 1.13 bits per heavy atom. The smallest absolute Gasteiger partial charge is 0.233 e. The molecule has 1 aromatic carbocycles. The molecule has 3 N–H and O–H groups in total. The number of amides is 1. The lowest BCUT2D eigenvalue weighted by molar-refractivity contribution is -0.120. The van der Waals surface area contributed by atoms with Crippen molar-refractivity contribution in [3.05, 3.63) is 66.1 Å². The summed E-state index contributed by atoms with van der Waals surface area (Å²) in [4.78, 5) is 19.3. The first-order valence-corrected chi connectivity index (χ1v) is 7.75. The number of nitrogens with zero attached hydrogens (tertiary/aromatic N) is 1. The quantitative estimate of drug-likeness (QED) is 0.625. The van der Waals surface area contributed by atoms with Crippen molar-refractivity contribution in [3.63, 3.8) is 0 Å².